The van der Waals surface area contributed by atoms with Crippen LogP contribution in [0.1, 0.15) is 11.1 Å². The minimum atomic E-state index is 0.223. The molecule has 0 saturated heterocycles. The Morgan fingerprint density at radius 3 is 2.83 bits per heavy atom. The average Bonchev–Trinajstić information content (AvgIpc) is 2.36. The van der Waals surface area contributed by atoms with E-state index in [0.717, 1.165) is 10.0 Å². The maximum Gasteiger partial charge on any atom is 0.239 e. The lowest BCUT2D eigenvalue weighted by molar-refractivity contribution is 0.462. The summed E-state index contributed by atoms with van der Waals surface area (Å²) >= 11 is 9.42. The van der Waals surface area contributed by atoms with Crippen LogP contribution in [-0.4, -0.2) is 4.98 Å². The Morgan fingerprint density at radius 1 is 1.39 bits per heavy atom. The van der Waals surface area contributed by atoms with Gasteiger partial charge < -0.3 is 4.74 Å². The Kier molecular flexibility index (Phi) is 3.85. The molecule has 0 amide bonds. The lowest BCUT2D eigenvalue weighted by Gasteiger charge is -2.08. The minimum absolute atomic E-state index is 0.223. The monoisotopic (exact) mass is 322 g/mol. The van der Waals surface area contributed by atoms with E-state index in [1.165, 1.54) is 6.20 Å². The van der Waals surface area contributed by atoms with Crippen molar-refractivity contribution in [2.45, 2.75) is 6.92 Å². The van der Waals surface area contributed by atoms with Gasteiger partial charge >= 0.3 is 0 Å². The predicted molar refractivity (Wildman–Crippen MR) is 72.9 cm³/mol. The minimum Gasteiger partial charge on any atom is -0.437 e. The normalized spacial score (nSPS) is 9.89. The summed E-state index contributed by atoms with van der Waals surface area (Å²) in [5, 5.41) is 9.09. The third-order valence-electron chi connectivity index (χ3n) is 2.32. The maximum atomic E-state index is 8.87. The zero-order chi connectivity index (χ0) is 13.1. The van der Waals surface area contributed by atoms with Crippen LogP contribution in [0.5, 0.6) is 11.6 Å². The highest BCUT2D eigenvalue weighted by atomic mass is 79.9. The second-order valence-electron chi connectivity index (χ2n) is 3.60. The summed E-state index contributed by atoms with van der Waals surface area (Å²) in [4.78, 5) is 4.02. The molecule has 0 unspecified atom stereocenters. The number of aryl methyl sites for hydroxylation is 1. The molecule has 1 aromatic carbocycles. The number of rotatable bonds is 2. The molecule has 0 radical (unpaired) electrons. The van der Waals surface area contributed by atoms with Crippen molar-refractivity contribution in [3.8, 4) is 17.7 Å². The van der Waals surface area contributed by atoms with Gasteiger partial charge in [0.15, 0.2) is 0 Å². The zero-order valence-corrected chi connectivity index (χ0v) is 11.8. The number of nitriles is 1. The van der Waals surface area contributed by atoms with Crippen molar-refractivity contribution in [3.63, 3.8) is 0 Å². The number of hydrogen-bond acceptors (Lipinski definition) is 3. The lowest BCUT2D eigenvalue weighted by Crippen LogP contribution is -1.91. The van der Waals surface area contributed by atoms with E-state index in [1.54, 1.807) is 12.1 Å². The Bertz CT molecular complexity index is 637. The van der Waals surface area contributed by atoms with E-state index in [2.05, 4.69) is 20.9 Å². The van der Waals surface area contributed by atoms with Gasteiger partial charge in [-0.25, -0.2) is 4.98 Å². The van der Waals surface area contributed by atoms with Crippen LogP contribution in [0.15, 0.2) is 34.9 Å². The molecule has 0 N–H and O–H groups in total. The molecule has 0 atom stereocenters. The Morgan fingerprint density at radius 2 is 2.17 bits per heavy atom. The largest absolute Gasteiger partial charge is 0.437 e. The van der Waals surface area contributed by atoms with E-state index in [9.17, 15) is 0 Å². The lowest BCUT2D eigenvalue weighted by atomic mass is 10.2. The average molecular weight is 324 g/mol. The summed E-state index contributed by atoms with van der Waals surface area (Å²) in [6.07, 6.45) is 1.49. The molecule has 5 heteroatoms. The molecule has 90 valence electrons. The maximum absolute atomic E-state index is 8.87. The number of aromatic nitrogens is 1. The zero-order valence-electron chi connectivity index (χ0n) is 9.45. The molecule has 0 aliphatic heterocycles. The Balaban J connectivity index is 2.35. The number of halogens is 2. The third kappa shape index (κ3) is 2.63. The molecule has 0 bridgehead atoms. The van der Waals surface area contributed by atoms with E-state index in [0.29, 0.717) is 11.3 Å². The fraction of sp³-hybridized carbons (Fsp3) is 0.0769. The summed E-state index contributed by atoms with van der Waals surface area (Å²) in [6.45, 7) is 1.96. The number of pyridine rings is 1. The second kappa shape index (κ2) is 5.38. The first-order valence-corrected chi connectivity index (χ1v) is 6.27. The van der Waals surface area contributed by atoms with Crippen LogP contribution in [0.4, 0.5) is 0 Å². The van der Waals surface area contributed by atoms with Gasteiger partial charge in [-0.15, -0.1) is 0 Å². The van der Waals surface area contributed by atoms with E-state index < -0.39 is 0 Å². The topological polar surface area (TPSA) is 45.9 Å². The molecule has 0 aliphatic rings. The van der Waals surface area contributed by atoms with E-state index in [-0.39, 0.29) is 10.9 Å². The molecule has 1 heterocycles. The second-order valence-corrected chi connectivity index (χ2v) is 4.83. The first kappa shape index (κ1) is 12.9. The summed E-state index contributed by atoms with van der Waals surface area (Å²) in [7, 11) is 0. The molecule has 0 spiro atoms. The van der Waals surface area contributed by atoms with Crippen molar-refractivity contribution in [2.24, 2.45) is 0 Å². The third-order valence-corrected chi connectivity index (χ3v) is 3.58. The van der Waals surface area contributed by atoms with E-state index in [1.807, 2.05) is 25.1 Å². The van der Waals surface area contributed by atoms with Gasteiger partial charge in [0.25, 0.3) is 0 Å². The van der Waals surface area contributed by atoms with Gasteiger partial charge in [-0.1, -0.05) is 27.5 Å². The van der Waals surface area contributed by atoms with Gasteiger partial charge in [0.2, 0.25) is 5.88 Å². The smallest absolute Gasteiger partial charge is 0.239 e. The molecule has 1 aromatic heterocycles. The highest BCUT2D eigenvalue weighted by molar-refractivity contribution is 9.10. The first-order valence-electron chi connectivity index (χ1n) is 5.10. The molecule has 0 saturated carbocycles. The molecule has 3 nitrogen and oxygen atoms in total. The number of nitrogens with zero attached hydrogens (tertiary/aromatic N) is 2. The molecule has 0 aliphatic carbocycles. The van der Waals surface area contributed by atoms with Gasteiger partial charge in [-0.05, 0) is 36.8 Å². The Hall–Kier alpha value is -1.57. The highest BCUT2D eigenvalue weighted by Gasteiger charge is 2.09. The van der Waals surface area contributed by atoms with Gasteiger partial charge in [-0.3, -0.25) is 0 Å². The van der Waals surface area contributed by atoms with Crippen molar-refractivity contribution in [1.82, 2.24) is 4.98 Å². The number of ether oxygens (including phenoxy) is 1. The number of hydrogen-bond donors (Lipinski definition) is 0. The quantitative estimate of drug-likeness (QED) is 0.819. The molecular formula is C13H8BrClN2O. The van der Waals surface area contributed by atoms with Crippen molar-refractivity contribution in [3.05, 3.63) is 51.1 Å². The van der Waals surface area contributed by atoms with Crippen molar-refractivity contribution >= 4 is 27.5 Å². The van der Waals surface area contributed by atoms with E-state index >= 15 is 0 Å². The fourth-order valence-corrected chi connectivity index (χ4v) is 1.81. The van der Waals surface area contributed by atoms with Crippen LogP contribution in [0.2, 0.25) is 5.02 Å². The van der Waals surface area contributed by atoms with Gasteiger partial charge in [-0.2, -0.15) is 5.26 Å². The molecule has 18 heavy (non-hydrogen) atoms. The van der Waals surface area contributed by atoms with Crippen LogP contribution in [0, 0.1) is 18.3 Å². The predicted octanol–water partition coefficient (Wildman–Crippen LogP) is 4.47. The van der Waals surface area contributed by atoms with E-state index in [4.69, 9.17) is 21.6 Å². The standard InChI is InChI=1S/C13H8BrClN2O/c1-8-6-10(2-3-11(8)14)18-13-12(15)9(7-16)4-5-17-13/h2-6H,1H3. The summed E-state index contributed by atoms with van der Waals surface area (Å²) in [5.41, 5.74) is 1.38. The van der Waals surface area contributed by atoms with Crippen LogP contribution in [-0.2, 0) is 0 Å². The van der Waals surface area contributed by atoms with Gasteiger partial charge in [0.05, 0.1) is 5.56 Å². The summed E-state index contributed by atoms with van der Waals surface area (Å²) in [6, 6.07) is 9.07. The summed E-state index contributed by atoms with van der Waals surface area (Å²) in [5.74, 6) is 0.859. The van der Waals surface area contributed by atoms with Crippen LogP contribution >= 0.6 is 27.5 Å². The first-order chi connectivity index (χ1) is 8.61. The molecule has 0 fully saturated rings. The molecular weight excluding hydrogens is 316 g/mol. The fourth-order valence-electron chi connectivity index (χ4n) is 1.37. The van der Waals surface area contributed by atoms with Crippen LogP contribution < -0.4 is 4.74 Å². The van der Waals surface area contributed by atoms with Crippen molar-refractivity contribution < 1.29 is 4.74 Å². The van der Waals surface area contributed by atoms with Crippen molar-refractivity contribution in [2.75, 3.05) is 0 Å². The van der Waals surface area contributed by atoms with Gasteiger partial charge in [0, 0.05) is 10.7 Å². The highest BCUT2D eigenvalue weighted by Crippen LogP contribution is 2.31. The van der Waals surface area contributed by atoms with Crippen LogP contribution in [0.3, 0.4) is 0 Å². The van der Waals surface area contributed by atoms with Gasteiger partial charge in [0.1, 0.15) is 16.8 Å². The van der Waals surface area contributed by atoms with Crippen LogP contribution in [0.25, 0.3) is 0 Å². The molecule has 2 aromatic rings. The molecule has 2 rings (SSSR count). The van der Waals surface area contributed by atoms with Crippen molar-refractivity contribution in [1.29, 1.82) is 5.26 Å². The SMILES string of the molecule is Cc1cc(Oc2nccc(C#N)c2Cl)ccc1Br. The Labute approximate surface area is 118 Å². The number of benzene rings is 1. The summed E-state index contributed by atoms with van der Waals surface area (Å²) < 4.78 is 6.57.